The highest BCUT2D eigenvalue weighted by atomic mass is 16.2. The van der Waals surface area contributed by atoms with Crippen LogP contribution in [0.5, 0.6) is 0 Å². The molecule has 1 aromatic heterocycles. The van der Waals surface area contributed by atoms with Gasteiger partial charge in [0.1, 0.15) is 0 Å². The second-order valence-corrected chi connectivity index (χ2v) is 7.75. The summed E-state index contributed by atoms with van der Waals surface area (Å²) in [5, 5.41) is 11.2. The van der Waals surface area contributed by atoms with Gasteiger partial charge in [-0.1, -0.05) is 31.2 Å². The summed E-state index contributed by atoms with van der Waals surface area (Å²) in [6.45, 7) is 1.86. The van der Waals surface area contributed by atoms with Crippen molar-refractivity contribution in [2.45, 2.75) is 44.7 Å². The Morgan fingerprint density at radius 1 is 1.14 bits per heavy atom. The van der Waals surface area contributed by atoms with Crippen LogP contribution >= 0.6 is 0 Å². The smallest absolute Gasteiger partial charge is 0.253 e. The maximum absolute atomic E-state index is 12.9. The van der Waals surface area contributed by atoms with Crippen LogP contribution in [0.1, 0.15) is 43.0 Å². The van der Waals surface area contributed by atoms with Crippen molar-refractivity contribution in [3.63, 3.8) is 0 Å². The third kappa shape index (κ3) is 4.01. The molecule has 1 saturated carbocycles. The molecule has 2 aromatic carbocycles. The molecule has 6 heteroatoms. The van der Waals surface area contributed by atoms with Crippen LogP contribution in [0.2, 0.25) is 0 Å². The second-order valence-electron chi connectivity index (χ2n) is 7.75. The molecule has 3 aromatic rings. The predicted molar refractivity (Wildman–Crippen MR) is 113 cm³/mol. The van der Waals surface area contributed by atoms with Gasteiger partial charge in [0.05, 0.1) is 11.7 Å². The summed E-state index contributed by atoms with van der Waals surface area (Å²) in [5.41, 5.74) is 3.82. The number of aromatic nitrogens is 2. The van der Waals surface area contributed by atoms with Crippen molar-refractivity contribution < 1.29 is 9.59 Å². The molecule has 0 radical (unpaired) electrons. The Morgan fingerprint density at radius 3 is 2.66 bits per heavy atom. The molecular weight excluding hydrogens is 364 g/mol. The van der Waals surface area contributed by atoms with E-state index in [1.54, 1.807) is 6.20 Å². The molecular formula is C23H26N4O2. The summed E-state index contributed by atoms with van der Waals surface area (Å²) < 4.78 is 0. The first-order valence-corrected chi connectivity index (χ1v) is 10.1. The van der Waals surface area contributed by atoms with Crippen molar-refractivity contribution in [3.8, 4) is 11.1 Å². The van der Waals surface area contributed by atoms with E-state index in [2.05, 4.69) is 27.6 Å². The average molecular weight is 390 g/mol. The van der Waals surface area contributed by atoms with E-state index in [0.29, 0.717) is 12.0 Å². The normalized spacial score (nSPS) is 18.7. The molecule has 2 N–H and O–H groups in total. The SMILES string of the molecule is CCC(=O)N[C@H]1CCC(N(C)C(=O)c2ccc(-c3ccc4cn[nH]c4c3)cc2)C1. The Labute approximate surface area is 170 Å². The van der Waals surface area contributed by atoms with Gasteiger partial charge >= 0.3 is 0 Å². The van der Waals surface area contributed by atoms with Crippen LogP contribution in [0.25, 0.3) is 22.0 Å². The lowest BCUT2D eigenvalue weighted by Crippen LogP contribution is -2.38. The lowest BCUT2D eigenvalue weighted by molar-refractivity contribution is -0.121. The summed E-state index contributed by atoms with van der Waals surface area (Å²) in [6, 6.07) is 14.2. The number of nitrogens with zero attached hydrogens (tertiary/aromatic N) is 2. The number of amides is 2. The highest BCUT2D eigenvalue weighted by Crippen LogP contribution is 2.26. The molecule has 1 unspecified atom stereocenters. The number of carbonyl (C=O) groups is 2. The molecule has 2 atom stereocenters. The van der Waals surface area contributed by atoms with E-state index in [4.69, 9.17) is 0 Å². The molecule has 150 valence electrons. The molecule has 1 aliphatic rings. The minimum absolute atomic E-state index is 0.0213. The topological polar surface area (TPSA) is 78.1 Å². The van der Waals surface area contributed by atoms with Gasteiger partial charge in [-0.2, -0.15) is 5.10 Å². The fraction of sp³-hybridized carbons (Fsp3) is 0.348. The number of nitrogens with one attached hydrogen (secondary N) is 2. The molecule has 0 aliphatic heterocycles. The summed E-state index contributed by atoms with van der Waals surface area (Å²) >= 11 is 0. The number of rotatable bonds is 5. The molecule has 29 heavy (non-hydrogen) atoms. The fourth-order valence-corrected chi connectivity index (χ4v) is 4.06. The van der Waals surface area contributed by atoms with Crippen molar-refractivity contribution in [3.05, 3.63) is 54.2 Å². The monoisotopic (exact) mass is 390 g/mol. The molecule has 1 aliphatic carbocycles. The first kappa shape index (κ1) is 19.2. The van der Waals surface area contributed by atoms with Crippen LogP contribution in [0.3, 0.4) is 0 Å². The van der Waals surface area contributed by atoms with Gasteiger partial charge in [0, 0.05) is 36.5 Å². The zero-order valence-electron chi connectivity index (χ0n) is 16.8. The van der Waals surface area contributed by atoms with Crippen molar-refractivity contribution in [1.29, 1.82) is 0 Å². The van der Waals surface area contributed by atoms with Crippen molar-refractivity contribution >= 4 is 22.7 Å². The molecule has 6 nitrogen and oxygen atoms in total. The Balaban J connectivity index is 1.43. The predicted octanol–water partition coefficient (Wildman–Crippen LogP) is 3.75. The van der Waals surface area contributed by atoms with E-state index in [1.807, 2.05) is 49.2 Å². The molecule has 0 bridgehead atoms. The van der Waals surface area contributed by atoms with Crippen LogP contribution < -0.4 is 5.32 Å². The Bertz CT molecular complexity index is 1020. The van der Waals surface area contributed by atoms with Gasteiger partial charge in [0.2, 0.25) is 5.91 Å². The van der Waals surface area contributed by atoms with E-state index < -0.39 is 0 Å². The van der Waals surface area contributed by atoms with Gasteiger partial charge in [-0.3, -0.25) is 14.7 Å². The largest absolute Gasteiger partial charge is 0.353 e. The molecule has 1 heterocycles. The average Bonchev–Trinajstić information content (AvgIpc) is 3.41. The summed E-state index contributed by atoms with van der Waals surface area (Å²) in [6.07, 6.45) is 4.95. The zero-order valence-corrected chi connectivity index (χ0v) is 16.8. The first-order valence-electron chi connectivity index (χ1n) is 10.1. The van der Waals surface area contributed by atoms with Crippen LogP contribution in [-0.4, -0.2) is 46.0 Å². The maximum Gasteiger partial charge on any atom is 0.253 e. The van der Waals surface area contributed by atoms with Crippen LogP contribution in [-0.2, 0) is 4.79 Å². The third-order valence-electron chi connectivity index (χ3n) is 5.87. The number of fused-ring (bicyclic) bond motifs is 1. The van der Waals surface area contributed by atoms with Gasteiger partial charge in [0.25, 0.3) is 5.91 Å². The minimum atomic E-state index is 0.0213. The number of hydrogen-bond acceptors (Lipinski definition) is 3. The molecule has 0 saturated heterocycles. The first-order chi connectivity index (χ1) is 14.0. The quantitative estimate of drug-likeness (QED) is 0.696. The number of aromatic amines is 1. The molecule has 2 amide bonds. The summed E-state index contributed by atoms with van der Waals surface area (Å²) in [5.74, 6) is 0.0987. The number of carbonyl (C=O) groups excluding carboxylic acids is 2. The van der Waals surface area contributed by atoms with Gasteiger partial charge in [-0.05, 0) is 48.6 Å². The second kappa shape index (κ2) is 8.07. The van der Waals surface area contributed by atoms with E-state index in [-0.39, 0.29) is 23.9 Å². The van der Waals surface area contributed by atoms with Gasteiger partial charge < -0.3 is 10.2 Å². The maximum atomic E-state index is 12.9. The van der Waals surface area contributed by atoms with E-state index in [1.165, 1.54) is 0 Å². The highest BCUT2D eigenvalue weighted by molar-refractivity contribution is 5.95. The molecule has 0 spiro atoms. The Hall–Kier alpha value is -3.15. The van der Waals surface area contributed by atoms with Gasteiger partial charge in [0.15, 0.2) is 0 Å². The van der Waals surface area contributed by atoms with Crippen LogP contribution in [0.15, 0.2) is 48.7 Å². The van der Waals surface area contributed by atoms with E-state index >= 15 is 0 Å². The summed E-state index contributed by atoms with van der Waals surface area (Å²) in [4.78, 5) is 26.4. The number of H-pyrrole nitrogens is 1. The Kier molecular flexibility index (Phi) is 5.34. The van der Waals surface area contributed by atoms with Gasteiger partial charge in [-0.15, -0.1) is 0 Å². The molecule has 1 fully saturated rings. The number of benzene rings is 2. The van der Waals surface area contributed by atoms with E-state index in [0.717, 1.165) is 41.3 Å². The molecule has 4 rings (SSSR count). The fourth-order valence-electron chi connectivity index (χ4n) is 4.06. The van der Waals surface area contributed by atoms with Crippen LogP contribution in [0, 0.1) is 0 Å². The third-order valence-corrected chi connectivity index (χ3v) is 5.87. The van der Waals surface area contributed by atoms with Crippen molar-refractivity contribution in [1.82, 2.24) is 20.4 Å². The van der Waals surface area contributed by atoms with Crippen molar-refractivity contribution in [2.75, 3.05) is 7.05 Å². The van der Waals surface area contributed by atoms with Crippen molar-refractivity contribution in [2.24, 2.45) is 0 Å². The minimum Gasteiger partial charge on any atom is -0.353 e. The number of hydrogen-bond donors (Lipinski definition) is 2. The zero-order chi connectivity index (χ0) is 20.4. The Morgan fingerprint density at radius 2 is 1.90 bits per heavy atom. The van der Waals surface area contributed by atoms with E-state index in [9.17, 15) is 9.59 Å². The standard InChI is InChI=1S/C23H26N4O2/c1-3-22(28)25-19-10-11-20(13-19)27(2)23(29)16-6-4-15(5-7-16)17-8-9-18-14-24-26-21(18)12-17/h4-9,12,14,19-20H,3,10-11,13H2,1-2H3,(H,24,26)(H,25,28)/t19-,20?/m0/s1. The lowest BCUT2D eigenvalue weighted by Gasteiger charge is -2.25. The summed E-state index contributed by atoms with van der Waals surface area (Å²) in [7, 11) is 1.86. The highest BCUT2D eigenvalue weighted by Gasteiger charge is 2.30. The van der Waals surface area contributed by atoms with Gasteiger partial charge in [-0.25, -0.2) is 0 Å². The van der Waals surface area contributed by atoms with Crippen LogP contribution in [0.4, 0.5) is 0 Å². The lowest BCUT2D eigenvalue weighted by atomic mass is 10.0.